The quantitative estimate of drug-likeness (QED) is 0.206. The molecule has 0 unspecified atom stereocenters. The molecule has 0 aliphatic rings. The zero-order valence-electron chi connectivity index (χ0n) is 15.0. The molecule has 144 valence electrons. The third-order valence-electron chi connectivity index (χ3n) is 4.12. The highest BCUT2D eigenvalue weighted by atomic mass is 16.3. The highest BCUT2D eigenvalue weighted by Gasteiger charge is 2.13. The van der Waals surface area contributed by atoms with Crippen LogP contribution in [0.5, 0.6) is 0 Å². The van der Waals surface area contributed by atoms with E-state index in [0.717, 1.165) is 22.2 Å². The molecule has 9 nitrogen and oxygen atoms in total. The first-order valence-corrected chi connectivity index (χ1v) is 8.37. The van der Waals surface area contributed by atoms with Gasteiger partial charge >= 0.3 is 0 Å². The number of benzene rings is 2. The summed E-state index contributed by atoms with van der Waals surface area (Å²) in [5, 5.41) is 13.2. The summed E-state index contributed by atoms with van der Waals surface area (Å²) in [7, 11) is 0. The lowest BCUT2D eigenvalue weighted by molar-refractivity contribution is -0.114. The van der Waals surface area contributed by atoms with Gasteiger partial charge in [-0.3, -0.25) is 4.79 Å². The number of aliphatic imine (C=N–C) groups is 1. The number of hydrogen-bond donors (Lipinski definition) is 6. The van der Waals surface area contributed by atoms with Crippen molar-refractivity contribution in [2.24, 2.45) is 27.9 Å². The summed E-state index contributed by atoms with van der Waals surface area (Å²) in [5.74, 6) is -1.15. The lowest BCUT2D eigenvalue weighted by Crippen LogP contribution is -2.27. The summed E-state index contributed by atoms with van der Waals surface area (Å²) < 4.78 is 1.97. The number of aliphatic hydroxyl groups is 1. The number of guanidine groups is 1. The Morgan fingerprint density at radius 2 is 1.82 bits per heavy atom. The Balaban J connectivity index is 2.09. The largest absolute Gasteiger partial charge is 0.392 e. The SMILES string of the molecule is NC(=O)/C(N)=C(/N=C(N)N)Nc1cccc2c1ccn2-c1cccc(CO)c1. The first kappa shape index (κ1) is 18.8. The van der Waals surface area contributed by atoms with Crippen LogP contribution < -0.4 is 28.3 Å². The van der Waals surface area contributed by atoms with Crippen LogP contribution in [0.15, 0.2) is 71.2 Å². The molecule has 0 bridgehead atoms. The van der Waals surface area contributed by atoms with Gasteiger partial charge < -0.3 is 37.9 Å². The molecule has 3 aromatic rings. The van der Waals surface area contributed by atoms with E-state index in [9.17, 15) is 9.90 Å². The number of rotatable bonds is 6. The summed E-state index contributed by atoms with van der Waals surface area (Å²) in [4.78, 5) is 15.3. The average Bonchev–Trinajstić information content (AvgIpc) is 3.11. The molecule has 1 heterocycles. The van der Waals surface area contributed by atoms with Gasteiger partial charge in [-0.05, 0) is 35.9 Å². The number of carbonyl (C=O) groups is 1. The van der Waals surface area contributed by atoms with Crippen LogP contribution >= 0.6 is 0 Å². The second kappa shape index (κ2) is 7.72. The molecule has 1 amide bonds. The second-order valence-electron chi connectivity index (χ2n) is 6.04. The van der Waals surface area contributed by atoms with Crippen molar-refractivity contribution in [3.8, 4) is 5.69 Å². The van der Waals surface area contributed by atoms with Crippen LogP contribution in [0.1, 0.15) is 5.56 Å². The van der Waals surface area contributed by atoms with Crippen LogP contribution in [-0.2, 0) is 11.4 Å². The van der Waals surface area contributed by atoms with Crippen LogP contribution in [-0.4, -0.2) is 21.5 Å². The van der Waals surface area contributed by atoms with E-state index < -0.39 is 5.91 Å². The van der Waals surface area contributed by atoms with Crippen molar-refractivity contribution in [3.63, 3.8) is 0 Å². The van der Waals surface area contributed by atoms with Crippen LogP contribution in [0.3, 0.4) is 0 Å². The number of nitrogens with one attached hydrogen (secondary N) is 1. The number of hydrogen-bond acceptors (Lipinski definition) is 5. The molecule has 0 atom stereocenters. The number of fused-ring (bicyclic) bond motifs is 1. The summed E-state index contributed by atoms with van der Waals surface area (Å²) >= 11 is 0. The van der Waals surface area contributed by atoms with Gasteiger partial charge in [0.2, 0.25) is 0 Å². The van der Waals surface area contributed by atoms with Crippen molar-refractivity contribution in [1.29, 1.82) is 0 Å². The third kappa shape index (κ3) is 3.74. The van der Waals surface area contributed by atoms with E-state index in [2.05, 4.69) is 10.3 Å². The summed E-state index contributed by atoms with van der Waals surface area (Å²) in [6.45, 7) is -0.0427. The third-order valence-corrected chi connectivity index (χ3v) is 4.12. The monoisotopic (exact) mass is 379 g/mol. The Labute approximate surface area is 160 Å². The van der Waals surface area contributed by atoms with Gasteiger partial charge in [-0.15, -0.1) is 0 Å². The zero-order chi connectivity index (χ0) is 20.3. The molecule has 3 rings (SSSR count). The molecule has 0 aliphatic carbocycles. The fourth-order valence-corrected chi connectivity index (χ4v) is 2.84. The minimum atomic E-state index is -0.849. The van der Waals surface area contributed by atoms with Crippen molar-refractivity contribution in [2.45, 2.75) is 6.61 Å². The van der Waals surface area contributed by atoms with Crippen molar-refractivity contribution >= 4 is 28.5 Å². The van der Waals surface area contributed by atoms with Crippen molar-refractivity contribution in [3.05, 3.63) is 71.8 Å². The Hall–Kier alpha value is -3.98. The summed E-state index contributed by atoms with van der Waals surface area (Å²) in [6, 6.07) is 15.0. The van der Waals surface area contributed by atoms with Gasteiger partial charge in [0.1, 0.15) is 5.70 Å². The maximum Gasteiger partial charge on any atom is 0.268 e. The van der Waals surface area contributed by atoms with Gasteiger partial charge in [-0.25, -0.2) is 0 Å². The van der Waals surface area contributed by atoms with Gasteiger partial charge in [0.05, 0.1) is 12.1 Å². The highest BCUT2D eigenvalue weighted by Crippen LogP contribution is 2.28. The standard InChI is InChI=1S/C19H21N7O2/c20-16(17(21)28)18(25-19(22)23)24-14-5-2-6-15-13(14)7-8-26(15)12-4-1-3-11(9-12)10-27/h1-9,24,27H,10,20H2,(H2,21,28)(H4,22,23,25)/b18-16-. The molecule has 9 heteroatoms. The summed E-state index contributed by atoms with van der Waals surface area (Å²) in [5.41, 5.74) is 24.8. The Kier molecular flexibility index (Phi) is 5.18. The van der Waals surface area contributed by atoms with Gasteiger partial charge in [0.25, 0.3) is 5.91 Å². The molecule has 0 aliphatic heterocycles. The number of primary amides is 1. The van der Waals surface area contributed by atoms with Crippen LogP contribution in [0.4, 0.5) is 5.69 Å². The molecular formula is C19H21N7O2. The zero-order valence-corrected chi connectivity index (χ0v) is 15.0. The molecule has 10 N–H and O–H groups in total. The van der Waals surface area contributed by atoms with E-state index >= 15 is 0 Å². The van der Waals surface area contributed by atoms with E-state index in [0.29, 0.717) is 5.69 Å². The first-order chi connectivity index (χ1) is 13.4. The number of aliphatic hydroxyl groups excluding tert-OH is 1. The van der Waals surface area contributed by atoms with Crippen molar-refractivity contribution < 1.29 is 9.90 Å². The fraction of sp³-hybridized carbons (Fsp3) is 0.0526. The lowest BCUT2D eigenvalue weighted by Gasteiger charge is -2.12. The molecule has 0 fully saturated rings. The topological polar surface area (TPSA) is 171 Å². The summed E-state index contributed by atoms with van der Waals surface area (Å²) in [6.07, 6.45) is 1.90. The van der Waals surface area contributed by atoms with Gasteiger partial charge in [0, 0.05) is 23.0 Å². The molecule has 0 radical (unpaired) electrons. The normalized spacial score (nSPS) is 11.8. The molecule has 28 heavy (non-hydrogen) atoms. The van der Waals surface area contributed by atoms with E-state index in [1.165, 1.54) is 0 Å². The molecule has 0 saturated carbocycles. The maximum absolute atomic E-state index is 11.4. The van der Waals surface area contributed by atoms with Crippen LogP contribution in [0.25, 0.3) is 16.6 Å². The number of aromatic nitrogens is 1. The smallest absolute Gasteiger partial charge is 0.268 e. The molecule has 2 aromatic carbocycles. The predicted octanol–water partition coefficient (Wildman–Crippen LogP) is 0.421. The number of amides is 1. The second-order valence-corrected chi connectivity index (χ2v) is 6.04. The minimum Gasteiger partial charge on any atom is -0.392 e. The van der Waals surface area contributed by atoms with E-state index in [1.54, 1.807) is 6.07 Å². The highest BCUT2D eigenvalue weighted by molar-refractivity contribution is 5.96. The van der Waals surface area contributed by atoms with Gasteiger partial charge in [0.15, 0.2) is 11.8 Å². The predicted molar refractivity (Wildman–Crippen MR) is 109 cm³/mol. The molecule has 0 saturated heterocycles. The van der Waals surface area contributed by atoms with Gasteiger partial charge in [-0.1, -0.05) is 18.2 Å². The van der Waals surface area contributed by atoms with Gasteiger partial charge in [-0.2, -0.15) is 4.99 Å². The van der Waals surface area contributed by atoms with Crippen LogP contribution in [0.2, 0.25) is 0 Å². The fourth-order valence-electron chi connectivity index (χ4n) is 2.84. The Morgan fingerprint density at radius 1 is 1.07 bits per heavy atom. The first-order valence-electron chi connectivity index (χ1n) is 8.37. The number of anilines is 1. The molecule has 0 spiro atoms. The average molecular weight is 379 g/mol. The Bertz CT molecular complexity index is 1090. The molecule has 1 aromatic heterocycles. The number of nitrogens with zero attached hydrogens (tertiary/aromatic N) is 2. The Morgan fingerprint density at radius 3 is 2.50 bits per heavy atom. The van der Waals surface area contributed by atoms with Crippen molar-refractivity contribution in [2.75, 3.05) is 5.32 Å². The van der Waals surface area contributed by atoms with Crippen molar-refractivity contribution in [1.82, 2.24) is 4.57 Å². The van der Waals surface area contributed by atoms with Crippen LogP contribution in [0, 0.1) is 0 Å². The maximum atomic E-state index is 11.4. The van der Waals surface area contributed by atoms with E-state index in [1.807, 2.05) is 53.2 Å². The number of carbonyl (C=O) groups excluding carboxylic acids is 1. The van der Waals surface area contributed by atoms with E-state index in [4.69, 9.17) is 22.9 Å². The lowest BCUT2D eigenvalue weighted by atomic mass is 10.2. The minimum absolute atomic E-state index is 0.0324. The van der Waals surface area contributed by atoms with E-state index in [-0.39, 0.29) is 24.1 Å². The molecular weight excluding hydrogens is 358 g/mol. The number of nitrogens with two attached hydrogens (primary N) is 4.